The van der Waals surface area contributed by atoms with Crippen molar-refractivity contribution in [2.75, 3.05) is 53.0 Å². The van der Waals surface area contributed by atoms with Crippen LogP contribution in [0.25, 0.3) is 0 Å². The zero-order valence-corrected chi connectivity index (χ0v) is 17.1. The van der Waals surface area contributed by atoms with Gasteiger partial charge in [0.15, 0.2) is 5.96 Å². The third-order valence-electron chi connectivity index (χ3n) is 4.51. The van der Waals surface area contributed by atoms with Gasteiger partial charge in [-0.15, -0.1) is 0 Å². The third-order valence-corrected chi connectivity index (χ3v) is 4.51. The summed E-state index contributed by atoms with van der Waals surface area (Å²) in [6.07, 6.45) is 0. The number of hydrogen-bond acceptors (Lipinski definition) is 5. The third kappa shape index (κ3) is 7.46. The molecular weight excluding hydrogens is 358 g/mol. The maximum atomic E-state index is 11.6. The standard InChI is InChI=1S/C20H33N5O3/c1-4-22-19(23-13-16-5-7-17(8-6-16)18(26)21-3)24-14-20(2,27)15-25-9-11-28-12-10-25/h5-8,27H,4,9-15H2,1-3H3,(H,21,26)(H2,22,23,24). The highest BCUT2D eigenvalue weighted by Crippen LogP contribution is 2.08. The van der Waals surface area contributed by atoms with Gasteiger partial charge in [-0.1, -0.05) is 12.1 Å². The fraction of sp³-hybridized carbons (Fsp3) is 0.600. The Hall–Kier alpha value is -2.16. The van der Waals surface area contributed by atoms with E-state index in [-0.39, 0.29) is 5.91 Å². The van der Waals surface area contributed by atoms with Crippen molar-refractivity contribution < 1.29 is 14.6 Å². The molecule has 1 unspecified atom stereocenters. The number of nitrogens with one attached hydrogen (secondary N) is 3. The van der Waals surface area contributed by atoms with Crippen LogP contribution in [0.1, 0.15) is 29.8 Å². The Morgan fingerprint density at radius 3 is 2.54 bits per heavy atom. The van der Waals surface area contributed by atoms with Crippen molar-refractivity contribution in [1.29, 1.82) is 0 Å². The number of carbonyl (C=O) groups excluding carboxylic acids is 1. The van der Waals surface area contributed by atoms with Gasteiger partial charge in [-0.2, -0.15) is 0 Å². The van der Waals surface area contributed by atoms with Gasteiger partial charge < -0.3 is 25.8 Å². The molecule has 2 rings (SSSR count). The smallest absolute Gasteiger partial charge is 0.251 e. The number of carbonyl (C=O) groups is 1. The highest BCUT2D eigenvalue weighted by Gasteiger charge is 2.25. The molecular formula is C20H33N5O3. The highest BCUT2D eigenvalue weighted by atomic mass is 16.5. The Kier molecular flexibility index (Phi) is 8.69. The molecule has 4 N–H and O–H groups in total. The average Bonchev–Trinajstić information content (AvgIpc) is 2.70. The predicted molar refractivity (Wildman–Crippen MR) is 111 cm³/mol. The number of guanidine groups is 1. The lowest BCUT2D eigenvalue weighted by Gasteiger charge is -2.34. The number of rotatable bonds is 8. The molecule has 1 atom stereocenters. The van der Waals surface area contributed by atoms with Crippen molar-refractivity contribution in [3.63, 3.8) is 0 Å². The van der Waals surface area contributed by atoms with Crippen molar-refractivity contribution in [3.8, 4) is 0 Å². The number of hydrogen-bond donors (Lipinski definition) is 4. The van der Waals surface area contributed by atoms with Crippen LogP contribution in [0.2, 0.25) is 0 Å². The minimum Gasteiger partial charge on any atom is -0.387 e. The van der Waals surface area contributed by atoms with Crippen LogP contribution in [-0.4, -0.2) is 80.5 Å². The molecule has 156 valence electrons. The van der Waals surface area contributed by atoms with E-state index in [9.17, 15) is 9.90 Å². The lowest BCUT2D eigenvalue weighted by molar-refractivity contribution is -0.0201. The molecule has 1 heterocycles. The molecule has 0 spiro atoms. The number of morpholine rings is 1. The Bertz CT molecular complexity index is 640. The number of aliphatic hydroxyl groups is 1. The number of ether oxygens (including phenoxy) is 1. The molecule has 1 aromatic carbocycles. The summed E-state index contributed by atoms with van der Waals surface area (Å²) in [6, 6.07) is 7.37. The van der Waals surface area contributed by atoms with Gasteiger partial charge in [0, 0.05) is 45.3 Å². The fourth-order valence-corrected chi connectivity index (χ4v) is 2.99. The van der Waals surface area contributed by atoms with Crippen LogP contribution < -0.4 is 16.0 Å². The first-order chi connectivity index (χ1) is 13.4. The summed E-state index contributed by atoms with van der Waals surface area (Å²) in [6.45, 7) is 9.14. The van der Waals surface area contributed by atoms with Crippen molar-refractivity contribution in [2.45, 2.75) is 26.0 Å². The van der Waals surface area contributed by atoms with Gasteiger partial charge in [0.05, 0.1) is 25.4 Å². The summed E-state index contributed by atoms with van der Waals surface area (Å²) in [5.41, 5.74) is 0.757. The molecule has 0 radical (unpaired) electrons. The van der Waals surface area contributed by atoms with E-state index in [0.29, 0.717) is 44.4 Å². The SMILES string of the molecule is CCNC(=NCc1ccc(C(=O)NC)cc1)NCC(C)(O)CN1CCOCC1. The molecule has 1 aliphatic rings. The summed E-state index contributed by atoms with van der Waals surface area (Å²) in [4.78, 5) is 18.4. The Labute approximate surface area is 167 Å². The summed E-state index contributed by atoms with van der Waals surface area (Å²) < 4.78 is 5.35. The molecule has 8 nitrogen and oxygen atoms in total. The Morgan fingerprint density at radius 1 is 1.25 bits per heavy atom. The van der Waals surface area contributed by atoms with Crippen molar-refractivity contribution in [3.05, 3.63) is 35.4 Å². The molecule has 0 bridgehead atoms. The minimum absolute atomic E-state index is 0.104. The van der Waals surface area contributed by atoms with Gasteiger partial charge in [-0.3, -0.25) is 9.69 Å². The Balaban J connectivity index is 1.89. The van der Waals surface area contributed by atoms with Gasteiger partial charge in [0.1, 0.15) is 0 Å². The number of amides is 1. The summed E-state index contributed by atoms with van der Waals surface area (Å²) >= 11 is 0. The molecule has 1 aliphatic heterocycles. The lowest BCUT2D eigenvalue weighted by Crippen LogP contribution is -2.52. The first kappa shape index (κ1) is 22.1. The van der Waals surface area contributed by atoms with Crippen LogP contribution in [-0.2, 0) is 11.3 Å². The molecule has 28 heavy (non-hydrogen) atoms. The zero-order valence-electron chi connectivity index (χ0n) is 17.1. The van der Waals surface area contributed by atoms with Gasteiger partial charge in [-0.05, 0) is 31.5 Å². The van der Waals surface area contributed by atoms with Gasteiger partial charge in [-0.25, -0.2) is 4.99 Å². The van der Waals surface area contributed by atoms with E-state index >= 15 is 0 Å². The summed E-state index contributed by atoms with van der Waals surface area (Å²) in [5.74, 6) is 0.549. The van der Waals surface area contributed by atoms with E-state index in [0.717, 1.165) is 25.2 Å². The van der Waals surface area contributed by atoms with Crippen LogP contribution in [0.15, 0.2) is 29.3 Å². The molecule has 1 aromatic rings. The van der Waals surface area contributed by atoms with Crippen molar-refractivity contribution >= 4 is 11.9 Å². The largest absolute Gasteiger partial charge is 0.387 e. The summed E-state index contributed by atoms with van der Waals surface area (Å²) in [5, 5.41) is 19.7. The molecule has 1 fully saturated rings. The van der Waals surface area contributed by atoms with Crippen LogP contribution >= 0.6 is 0 Å². The van der Waals surface area contributed by atoms with Crippen LogP contribution in [0, 0.1) is 0 Å². The monoisotopic (exact) mass is 391 g/mol. The van der Waals surface area contributed by atoms with Crippen LogP contribution in [0.4, 0.5) is 0 Å². The quantitative estimate of drug-likeness (QED) is 0.373. The molecule has 0 saturated carbocycles. The second kappa shape index (κ2) is 11.0. The maximum absolute atomic E-state index is 11.6. The number of benzene rings is 1. The van der Waals surface area contributed by atoms with Crippen molar-refractivity contribution in [1.82, 2.24) is 20.9 Å². The first-order valence-corrected chi connectivity index (χ1v) is 9.79. The normalized spacial score (nSPS) is 17.6. The van der Waals surface area contributed by atoms with Crippen molar-refractivity contribution in [2.24, 2.45) is 4.99 Å². The first-order valence-electron chi connectivity index (χ1n) is 9.79. The van der Waals surface area contributed by atoms with E-state index in [4.69, 9.17) is 4.74 Å². The van der Waals surface area contributed by atoms with E-state index in [1.807, 2.05) is 26.0 Å². The Morgan fingerprint density at radius 2 is 1.93 bits per heavy atom. The predicted octanol–water partition coefficient (Wildman–Crippen LogP) is 0.185. The number of aliphatic imine (C=N–C) groups is 1. The number of nitrogens with zero attached hydrogens (tertiary/aromatic N) is 2. The van der Waals surface area contributed by atoms with Gasteiger partial charge >= 0.3 is 0 Å². The zero-order chi connectivity index (χ0) is 20.4. The highest BCUT2D eigenvalue weighted by molar-refractivity contribution is 5.93. The molecule has 0 aliphatic carbocycles. The molecule has 1 saturated heterocycles. The fourth-order valence-electron chi connectivity index (χ4n) is 2.99. The maximum Gasteiger partial charge on any atom is 0.251 e. The van der Waals surface area contributed by atoms with Crippen LogP contribution in [0.3, 0.4) is 0 Å². The lowest BCUT2D eigenvalue weighted by atomic mass is 10.1. The molecule has 8 heteroatoms. The van der Waals surface area contributed by atoms with Gasteiger partial charge in [0.25, 0.3) is 5.91 Å². The van der Waals surface area contributed by atoms with E-state index < -0.39 is 5.60 Å². The average molecular weight is 392 g/mol. The van der Waals surface area contributed by atoms with E-state index in [2.05, 4.69) is 25.8 Å². The molecule has 1 amide bonds. The minimum atomic E-state index is -0.872. The summed E-state index contributed by atoms with van der Waals surface area (Å²) in [7, 11) is 1.61. The molecule has 0 aromatic heterocycles. The second-order valence-corrected chi connectivity index (χ2v) is 7.21. The van der Waals surface area contributed by atoms with E-state index in [1.54, 1.807) is 19.2 Å². The second-order valence-electron chi connectivity index (χ2n) is 7.21. The van der Waals surface area contributed by atoms with Crippen LogP contribution in [0.5, 0.6) is 0 Å². The number of β-amino-alcohol motifs (C(OH)–C–C–N with tert-alkyl or cyclic N) is 1. The topological polar surface area (TPSA) is 98.2 Å². The van der Waals surface area contributed by atoms with E-state index in [1.165, 1.54) is 0 Å². The van der Waals surface area contributed by atoms with Gasteiger partial charge in [0.2, 0.25) is 0 Å².